The van der Waals surface area contributed by atoms with Gasteiger partial charge in [0.1, 0.15) is 12.0 Å². The van der Waals surface area contributed by atoms with Crippen LogP contribution < -0.4 is 5.32 Å². The average Bonchev–Trinajstić information content (AvgIpc) is 3.44. The molecular weight excluding hydrogens is 481 g/mol. The number of rotatable bonds is 5. The van der Waals surface area contributed by atoms with Crippen molar-refractivity contribution >= 4 is 34.1 Å². The van der Waals surface area contributed by atoms with Gasteiger partial charge in [0.05, 0.1) is 24.9 Å². The average molecular weight is 512 g/mol. The van der Waals surface area contributed by atoms with Crippen LogP contribution in [0.1, 0.15) is 49.1 Å². The lowest BCUT2D eigenvalue weighted by Crippen LogP contribution is -2.55. The van der Waals surface area contributed by atoms with Gasteiger partial charge in [-0.05, 0) is 85.8 Å². The predicted octanol–water partition coefficient (Wildman–Crippen LogP) is 4.67. The first kappa shape index (κ1) is 23.8. The summed E-state index contributed by atoms with van der Waals surface area (Å²) < 4.78 is 21.7. The van der Waals surface area contributed by atoms with Gasteiger partial charge in [-0.15, -0.1) is 0 Å². The molecule has 190 valence electrons. The minimum Gasteiger partial charge on any atom is -0.376 e. The van der Waals surface area contributed by atoms with E-state index < -0.39 is 11.7 Å². The third-order valence-electron chi connectivity index (χ3n) is 8.36. The van der Waals surface area contributed by atoms with Crippen molar-refractivity contribution < 1.29 is 13.9 Å². The Bertz CT molecular complexity index is 1310. The molecule has 0 unspecified atom stereocenters. The number of likely N-dealkylation sites (tertiary alicyclic amines) is 1. The molecule has 9 heteroatoms. The van der Waals surface area contributed by atoms with E-state index in [4.69, 9.17) is 16.3 Å². The van der Waals surface area contributed by atoms with Crippen LogP contribution in [0.25, 0.3) is 10.8 Å². The summed E-state index contributed by atoms with van der Waals surface area (Å²) in [4.78, 5) is 19.5. The molecule has 1 aliphatic carbocycles. The number of anilines is 1. The van der Waals surface area contributed by atoms with Crippen LogP contribution in [0.5, 0.6) is 0 Å². The van der Waals surface area contributed by atoms with Gasteiger partial charge in [-0.2, -0.15) is 5.10 Å². The summed E-state index contributed by atoms with van der Waals surface area (Å²) in [5.74, 6) is 1.03. The van der Waals surface area contributed by atoms with Crippen LogP contribution in [-0.2, 0) is 16.6 Å². The number of carbonyl (C=O) groups is 1. The molecule has 36 heavy (non-hydrogen) atoms. The summed E-state index contributed by atoms with van der Waals surface area (Å²) >= 11 is 6.70. The quantitative estimate of drug-likeness (QED) is 0.539. The molecule has 0 bridgehead atoms. The van der Waals surface area contributed by atoms with Crippen LogP contribution in [0.4, 0.5) is 10.2 Å². The molecule has 0 spiro atoms. The number of nitrogens with one attached hydrogen (secondary N) is 1. The van der Waals surface area contributed by atoms with Crippen molar-refractivity contribution in [3.8, 4) is 0 Å². The monoisotopic (exact) mass is 511 g/mol. The first-order valence-corrected chi connectivity index (χ1v) is 13.0. The van der Waals surface area contributed by atoms with Crippen molar-refractivity contribution in [1.82, 2.24) is 19.7 Å². The molecule has 1 N–H and O–H groups in total. The molecule has 0 radical (unpaired) electrons. The topological polar surface area (TPSA) is 72.3 Å². The van der Waals surface area contributed by atoms with Crippen molar-refractivity contribution in [1.29, 1.82) is 0 Å². The lowest BCUT2D eigenvalue weighted by molar-refractivity contribution is -0.117. The molecule has 6 rings (SSSR count). The third kappa shape index (κ3) is 4.29. The molecule has 2 aliphatic heterocycles. The second kappa shape index (κ2) is 9.08. The van der Waals surface area contributed by atoms with E-state index in [2.05, 4.69) is 26.4 Å². The highest BCUT2D eigenvalue weighted by atomic mass is 35.5. The first-order chi connectivity index (χ1) is 17.3. The Kier molecular flexibility index (Phi) is 6.01. The molecular formula is C27H31ClFN5O2. The largest absolute Gasteiger partial charge is 0.376 e. The maximum absolute atomic E-state index is 14.5. The van der Waals surface area contributed by atoms with Crippen molar-refractivity contribution in [3.05, 3.63) is 52.9 Å². The van der Waals surface area contributed by atoms with E-state index in [1.807, 2.05) is 38.5 Å². The van der Waals surface area contributed by atoms with Crippen LogP contribution >= 0.6 is 11.6 Å². The molecule has 4 heterocycles. The number of nitrogens with zero attached hydrogens (tertiary/aromatic N) is 4. The molecule has 2 aromatic heterocycles. The van der Waals surface area contributed by atoms with Gasteiger partial charge in [-0.25, -0.2) is 9.37 Å². The van der Waals surface area contributed by atoms with E-state index in [9.17, 15) is 9.18 Å². The summed E-state index contributed by atoms with van der Waals surface area (Å²) in [7, 11) is 1.88. The van der Waals surface area contributed by atoms with E-state index in [1.54, 1.807) is 10.9 Å². The number of ether oxygens (including phenoxy) is 1. The van der Waals surface area contributed by atoms with Gasteiger partial charge in [-0.3, -0.25) is 14.4 Å². The van der Waals surface area contributed by atoms with Gasteiger partial charge < -0.3 is 10.1 Å². The number of piperidine rings is 1. The molecule has 7 nitrogen and oxygen atoms in total. The Morgan fingerprint density at radius 2 is 2.03 bits per heavy atom. The summed E-state index contributed by atoms with van der Waals surface area (Å²) in [6.45, 7) is 4.23. The highest BCUT2D eigenvalue weighted by Crippen LogP contribution is 2.48. The Morgan fingerprint density at radius 3 is 2.72 bits per heavy atom. The number of aromatic nitrogens is 3. The zero-order valence-corrected chi connectivity index (χ0v) is 21.3. The molecule has 2 saturated heterocycles. The highest BCUT2D eigenvalue weighted by Gasteiger charge is 2.46. The van der Waals surface area contributed by atoms with Crippen LogP contribution in [0.3, 0.4) is 0 Å². The fraction of sp³-hybridized carbons (Fsp3) is 0.519. The number of aryl methyl sites for hydroxylation is 1. The molecule has 3 aromatic rings. The van der Waals surface area contributed by atoms with Crippen LogP contribution in [0, 0.1) is 5.92 Å². The normalized spacial score (nSPS) is 29.1. The van der Waals surface area contributed by atoms with Crippen LogP contribution in [-0.4, -0.2) is 63.6 Å². The van der Waals surface area contributed by atoms with E-state index in [1.165, 1.54) is 0 Å². The molecule has 3 fully saturated rings. The van der Waals surface area contributed by atoms with Crippen LogP contribution in [0.15, 0.2) is 36.8 Å². The third-order valence-corrected chi connectivity index (χ3v) is 8.69. The fourth-order valence-electron chi connectivity index (χ4n) is 5.90. The fourth-order valence-corrected chi connectivity index (χ4v) is 6.22. The van der Waals surface area contributed by atoms with Gasteiger partial charge in [0.2, 0.25) is 5.91 Å². The Labute approximate surface area is 215 Å². The maximum atomic E-state index is 14.5. The first-order valence-electron chi connectivity index (χ1n) is 12.7. The van der Waals surface area contributed by atoms with Crippen molar-refractivity contribution in [2.45, 2.75) is 49.7 Å². The SMILES string of the molecule is Cn1cc([C@H]2C[C@@H]2C(=O)Nc2cc3cc(C4CCN([C@@]5(C)COC[C@H]5F)CC4)c(Cl)cc3cn2)cn1. The minimum atomic E-state index is -0.949. The number of pyridine rings is 1. The summed E-state index contributed by atoms with van der Waals surface area (Å²) in [6.07, 6.45) is 7.28. The molecule has 1 aromatic carbocycles. The zero-order valence-electron chi connectivity index (χ0n) is 20.6. The van der Waals surface area contributed by atoms with Gasteiger partial charge in [0, 0.05) is 35.8 Å². The highest BCUT2D eigenvalue weighted by molar-refractivity contribution is 6.32. The molecule has 1 amide bonds. The van der Waals surface area contributed by atoms with Crippen molar-refractivity contribution in [2.75, 3.05) is 31.6 Å². The maximum Gasteiger partial charge on any atom is 0.229 e. The zero-order chi connectivity index (χ0) is 25.0. The lowest BCUT2D eigenvalue weighted by Gasteiger charge is -2.43. The smallest absolute Gasteiger partial charge is 0.229 e. The van der Waals surface area contributed by atoms with Crippen molar-refractivity contribution in [3.63, 3.8) is 0 Å². The second-order valence-electron chi connectivity index (χ2n) is 10.8. The number of fused-ring (bicyclic) bond motifs is 1. The summed E-state index contributed by atoms with van der Waals surface area (Å²) in [5.41, 5.74) is 1.68. The van der Waals surface area contributed by atoms with Gasteiger partial charge in [-0.1, -0.05) is 11.6 Å². The number of halogens is 2. The number of hydrogen-bond acceptors (Lipinski definition) is 5. The number of benzene rings is 1. The minimum absolute atomic E-state index is 0.00665. The Hall–Kier alpha value is -2.55. The number of amides is 1. The van der Waals surface area contributed by atoms with Crippen molar-refractivity contribution in [2.24, 2.45) is 13.0 Å². The van der Waals surface area contributed by atoms with E-state index in [-0.39, 0.29) is 24.3 Å². The Morgan fingerprint density at radius 1 is 1.22 bits per heavy atom. The van der Waals surface area contributed by atoms with Gasteiger partial charge in [0.15, 0.2) is 0 Å². The molecule has 1 saturated carbocycles. The number of alkyl halides is 1. The van der Waals surface area contributed by atoms with Crippen LogP contribution in [0.2, 0.25) is 5.02 Å². The lowest BCUT2D eigenvalue weighted by atomic mass is 9.85. The van der Waals surface area contributed by atoms with Gasteiger partial charge >= 0.3 is 0 Å². The number of carbonyl (C=O) groups excluding carboxylic acids is 1. The predicted molar refractivity (Wildman–Crippen MR) is 137 cm³/mol. The second-order valence-corrected chi connectivity index (χ2v) is 11.2. The molecule has 3 aliphatic rings. The summed E-state index contributed by atoms with van der Waals surface area (Å²) in [5, 5.41) is 9.88. The standard InChI is InChI=1S/C27H31ClFN5O2/c1-27(15-36-14-24(27)29)34-5-3-16(4-6-34)21-7-17-9-25(30-11-18(17)8-23(21)28)32-26(35)22-10-20(22)19-12-31-33(2)13-19/h7-9,11-13,16,20,22,24H,3-6,10,14-15H2,1-2H3,(H,30,32,35)/t20-,22+,24-,27+/m1/s1. The Balaban J connectivity index is 1.15. The van der Waals surface area contributed by atoms with E-state index in [0.717, 1.165) is 59.3 Å². The van der Waals surface area contributed by atoms with Gasteiger partial charge in [0.25, 0.3) is 0 Å². The number of hydrogen-bond donors (Lipinski definition) is 1. The van der Waals surface area contributed by atoms with E-state index >= 15 is 0 Å². The molecule has 4 atom stereocenters. The van der Waals surface area contributed by atoms with E-state index in [0.29, 0.717) is 18.3 Å². The summed E-state index contributed by atoms with van der Waals surface area (Å²) in [6, 6.07) is 6.01.